The van der Waals surface area contributed by atoms with Gasteiger partial charge >= 0.3 is 6.09 Å². The number of rotatable bonds is 6. The van der Waals surface area contributed by atoms with E-state index in [9.17, 15) is 4.79 Å². The number of benzene rings is 1. The Morgan fingerprint density at radius 1 is 1.18 bits per heavy atom. The molecule has 8 nitrogen and oxygen atoms in total. The molecule has 180 valence electrons. The molecule has 1 aliphatic heterocycles. The van der Waals surface area contributed by atoms with Crippen molar-refractivity contribution in [2.75, 3.05) is 25.0 Å². The van der Waals surface area contributed by atoms with Gasteiger partial charge in [-0.1, -0.05) is 30.3 Å². The van der Waals surface area contributed by atoms with Crippen molar-refractivity contribution in [3.8, 4) is 5.88 Å². The summed E-state index contributed by atoms with van der Waals surface area (Å²) < 4.78 is 14.0. The van der Waals surface area contributed by atoms with Gasteiger partial charge in [-0.2, -0.15) is 0 Å². The minimum atomic E-state index is -0.627. The summed E-state index contributed by atoms with van der Waals surface area (Å²) in [5.41, 5.74) is 2.71. The van der Waals surface area contributed by atoms with Crippen LogP contribution in [0.1, 0.15) is 57.2 Å². The van der Waals surface area contributed by atoms with Crippen molar-refractivity contribution in [3.63, 3.8) is 0 Å². The van der Waals surface area contributed by atoms with E-state index in [0.717, 1.165) is 43.6 Å². The molecule has 0 bridgehead atoms. The van der Waals surface area contributed by atoms with Crippen molar-refractivity contribution in [3.05, 3.63) is 53.9 Å². The number of nitrogens with zero attached hydrogens (tertiary/aromatic N) is 5. The first kappa shape index (κ1) is 22.7. The molecule has 8 heteroatoms. The molecule has 34 heavy (non-hydrogen) atoms. The second-order valence-electron chi connectivity index (χ2n) is 10.4. The van der Waals surface area contributed by atoms with Crippen LogP contribution in [0.4, 0.5) is 10.5 Å². The van der Waals surface area contributed by atoms with Gasteiger partial charge in [-0.25, -0.2) is 14.3 Å². The molecule has 0 spiro atoms. The number of amides is 1. The summed E-state index contributed by atoms with van der Waals surface area (Å²) in [6.07, 6.45) is 4.73. The Hall–Kier alpha value is -3.13. The Bertz CT molecular complexity index is 1170. The predicted molar refractivity (Wildman–Crippen MR) is 130 cm³/mol. The number of ether oxygens (including phenoxy) is 2. The normalized spacial score (nSPS) is 18.9. The third kappa shape index (κ3) is 5.01. The standard InChI is InChI=1S/C26H33N5O3/c1-26(2,3)34-25(32)30(16-18-8-6-5-7-9-18)21-14-23(33-20-12-13-29(4)17-20)28-31-22(19-10-11-19)15-27-24(21)31/h5-9,14-15,19-20H,10-13,16-17H2,1-4H3. The van der Waals surface area contributed by atoms with Crippen molar-refractivity contribution in [1.82, 2.24) is 19.5 Å². The molecule has 1 saturated heterocycles. The van der Waals surface area contributed by atoms with Crippen LogP contribution in [0.25, 0.3) is 5.65 Å². The molecule has 1 aliphatic carbocycles. The van der Waals surface area contributed by atoms with Crippen molar-refractivity contribution in [1.29, 1.82) is 0 Å². The zero-order valence-corrected chi connectivity index (χ0v) is 20.4. The van der Waals surface area contributed by atoms with Crippen molar-refractivity contribution >= 4 is 17.4 Å². The highest BCUT2D eigenvalue weighted by atomic mass is 16.6. The number of likely N-dealkylation sites (tertiary alicyclic amines) is 1. The lowest BCUT2D eigenvalue weighted by Gasteiger charge is -2.28. The third-order valence-corrected chi connectivity index (χ3v) is 6.17. The lowest BCUT2D eigenvalue weighted by Crippen LogP contribution is -2.37. The van der Waals surface area contributed by atoms with E-state index in [1.165, 1.54) is 0 Å². The zero-order chi connectivity index (χ0) is 23.9. The number of hydrogen-bond acceptors (Lipinski definition) is 6. The monoisotopic (exact) mass is 463 g/mol. The molecule has 2 aromatic heterocycles. The lowest BCUT2D eigenvalue weighted by atomic mass is 10.2. The van der Waals surface area contributed by atoms with Crippen molar-refractivity contribution in [2.24, 2.45) is 0 Å². The van der Waals surface area contributed by atoms with Gasteiger partial charge < -0.3 is 14.4 Å². The lowest BCUT2D eigenvalue weighted by molar-refractivity contribution is 0.0577. The summed E-state index contributed by atoms with van der Waals surface area (Å²) in [7, 11) is 2.09. The van der Waals surface area contributed by atoms with Crippen LogP contribution in [0, 0.1) is 0 Å². The van der Waals surface area contributed by atoms with Crippen LogP contribution in [-0.4, -0.2) is 57.4 Å². The summed E-state index contributed by atoms with van der Waals surface area (Å²) in [5, 5.41) is 4.80. The van der Waals surface area contributed by atoms with Gasteiger partial charge in [0.1, 0.15) is 11.7 Å². The molecule has 3 aromatic rings. The molecule has 1 amide bonds. The van der Waals surface area contributed by atoms with Crippen LogP contribution in [0.15, 0.2) is 42.6 Å². The Labute approximate surface area is 200 Å². The van der Waals surface area contributed by atoms with Gasteiger partial charge in [-0.15, -0.1) is 5.10 Å². The van der Waals surface area contributed by atoms with E-state index in [1.54, 1.807) is 4.90 Å². The van der Waals surface area contributed by atoms with Gasteiger partial charge in [-0.05, 0) is 52.6 Å². The SMILES string of the molecule is CN1CCC(Oc2cc(N(Cc3ccccc3)C(=O)OC(C)(C)C)c3ncc(C4CC4)n3n2)C1. The number of aromatic nitrogens is 3. The molecule has 1 unspecified atom stereocenters. The number of carbonyl (C=O) groups excluding carboxylic acids is 1. The predicted octanol–water partition coefficient (Wildman–Crippen LogP) is 4.63. The first-order chi connectivity index (χ1) is 16.3. The Kier molecular flexibility index (Phi) is 5.93. The van der Waals surface area contributed by atoms with Gasteiger partial charge in [0.2, 0.25) is 5.88 Å². The number of likely N-dealkylation sites (N-methyl/N-ethyl adjacent to an activating group) is 1. The van der Waals surface area contributed by atoms with Crippen LogP contribution in [-0.2, 0) is 11.3 Å². The van der Waals surface area contributed by atoms with Gasteiger partial charge in [0.05, 0.1) is 24.1 Å². The molecule has 0 N–H and O–H groups in total. The van der Waals surface area contributed by atoms with E-state index in [2.05, 4.69) is 11.9 Å². The molecule has 1 aromatic carbocycles. The van der Waals surface area contributed by atoms with Gasteiger partial charge in [-0.3, -0.25) is 4.90 Å². The van der Waals surface area contributed by atoms with E-state index in [4.69, 9.17) is 19.6 Å². The topological polar surface area (TPSA) is 72.2 Å². The maximum atomic E-state index is 13.5. The fraction of sp³-hybridized carbons (Fsp3) is 0.500. The summed E-state index contributed by atoms with van der Waals surface area (Å²) in [5.74, 6) is 0.955. The first-order valence-electron chi connectivity index (χ1n) is 12.0. The highest BCUT2D eigenvalue weighted by Crippen LogP contribution is 2.41. The third-order valence-electron chi connectivity index (χ3n) is 6.17. The molecule has 0 radical (unpaired) electrons. The fourth-order valence-electron chi connectivity index (χ4n) is 4.35. The van der Waals surface area contributed by atoms with E-state index >= 15 is 0 Å². The molecule has 3 heterocycles. The molecular formula is C26H33N5O3. The summed E-state index contributed by atoms with van der Waals surface area (Å²) in [6, 6.07) is 11.7. The second-order valence-corrected chi connectivity index (χ2v) is 10.4. The highest BCUT2D eigenvalue weighted by Gasteiger charge is 2.32. The Morgan fingerprint density at radius 3 is 2.59 bits per heavy atom. The Morgan fingerprint density at radius 2 is 1.94 bits per heavy atom. The molecular weight excluding hydrogens is 430 g/mol. The summed E-state index contributed by atoms with van der Waals surface area (Å²) in [6.45, 7) is 7.83. The smallest absolute Gasteiger partial charge is 0.415 e. The summed E-state index contributed by atoms with van der Waals surface area (Å²) in [4.78, 5) is 22.0. The van der Waals surface area contributed by atoms with Gasteiger partial charge in [0.15, 0.2) is 5.65 Å². The molecule has 5 rings (SSSR count). The van der Waals surface area contributed by atoms with Crippen LogP contribution >= 0.6 is 0 Å². The van der Waals surface area contributed by atoms with E-state index in [-0.39, 0.29) is 6.10 Å². The summed E-state index contributed by atoms with van der Waals surface area (Å²) >= 11 is 0. The van der Waals surface area contributed by atoms with Gasteiger partial charge in [0.25, 0.3) is 0 Å². The average Bonchev–Trinajstić information content (AvgIpc) is 3.41. The number of anilines is 1. The molecule has 1 saturated carbocycles. The zero-order valence-electron chi connectivity index (χ0n) is 20.4. The van der Waals surface area contributed by atoms with Crippen molar-refractivity contribution in [2.45, 2.75) is 64.2 Å². The van der Waals surface area contributed by atoms with Crippen molar-refractivity contribution < 1.29 is 14.3 Å². The number of fused-ring (bicyclic) bond motifs is 1. The maximum absolute atomic E-state index is 13.5. The maximum Gasteiger partial charge on any atom is 0.415 e. The number of hydrogen-bond donors (Lipinski definition) is 0. The molecule has 1 atom stereocenters. The number of carbonyl (C=O) groups is 1. The van der Waals surface area contributed by atoms with E-state index < -0.39 is 11.7 Å². The minimum Gasteiger partial charge on any atom is -0.472 e. The largest absolute Gasteiger partial charge is 0.472 e. The van der Waals surface area contributed by atoms with E-state index in [0.29, 0.717) is 29.7 Å². The highest BCUT2D eigenvalue weighted by molar-refractivity contribution is 5.92. The quantitative estimate of drug-likeness (QED) is 0.531. The van der Waals surface area contributed by atoms with Crippen LogP contribution in [0.5, 0.6) is 5.88 Å². The van der Waals surface area contributed by atoms with Crippen LogP contribution in [0.2, 0.25) is 0 Å². The Balaban J connectivity index is 1.58. The minimum absolute atomic E-state index is 0.0693. The molecule has 2 aliphatic rings. The fourth-order valence-corrected chi connectivity index (χ4v) is 4.35. The molecule has 2 fully saturated rings. The van der Waals surface area contributed by atoms with Crippen LogP contribution < -0.4 is 9.64 Å². The van der Waals surface area contributed by atoms with Crippen LogP contribution in [0.3, 0.4) is 0 Å². The second kappa shape index (κ2) is 8.91. The first-order valence-corrected chi connectivity index (χ1v) is 12.0. The number of imidazole rings is 1. The van der Waals surface area contributed by atoms with Gasteiger partial charge in [0, 0.05) is 25.1 Å². The average molecular weight is 464 g/mol. The van der Waals surface area contributed by atoms with E-state index in [1.807, 2.05) is 67.9 Å².